The molecule has 2 aromatic heterocycles. The van der Waals surface area contributed by atoms with Crippen molar-refractivity contribution in [2.75, 3.05) is 5.43 Å². The van der Waals surface area contributed by atoms with E-state index in [0.29, 0.717) is 17.5 Å². The summed E-state index contributed by atoms with van der Waals surface area (Å²) in [4.78, 5) is 28.9. The summed E-state index contributed by atoms with van der Waals surface area (Å²) in [6.07, 6.45) is 3.71. The number of amides is 1. The number of hydrogen-bond acceptors (Lipinski definition) is 4. The van der Waals surface area contributed by atoms with Gasteiger partial charge in [0, 0.05) is 6.42 Å². The summed E-state index contributed by atoms with van der Waals surface area (Å²) in [6.45, 7) is 5.95. The second-order valence-electron chi connectivity index (χ2n) is 6.90. The van der Waals surface area contributed by atoms with E-state index in [9.17, 15) is 9.59 Å². The highest BCUT2D eigenvalue weighted by molar-refractivity contribution is 5.84. The summed E-state index contributed by atoms with van der Waals surface area (Å²) >= 11 is 0. The molecule has 0 aliphatic heterocycles. The first-order valence-corrected chi connectivity index (χ1v) is 8.16. The highest BCUT2D eigenvalue weighted by Crippen LogP contribution is 2.17. The average Bonchev–Trinajstić information content (AvgIpc) is 3.02. The Balaban J connectivity index is 1.77. The molecule has 0 aliphatic carbocycles. The Bertz CT molecular complexity index is 951. The molecule has 3 rings (SSSR count). The predicted molar refractivity (Wildman–Crippen MR) is 95.9 cm³/mol. The summed E-state index contributed by atoms with van der Waals surface area (Å²) < 4.78 is 2.82. The molecule has 0 atom stereocenters. The van der Waals surface area contributed by atoms with Gasteiger partial charge in [-0.15, -0.1) is 0 Å². The fourth-order valence-corrected chi connectivity index (χ4v) is 2.58. The standard InChI is InChI=1S/C18H21N5O2/c1-18(2,3)23-16-14(11-20-23)17(25)22(12-19-16)21-15(24)10-9-13-7-5-4-6-8-13/h4-8,11-12H,9-10H2,1-3H3,(H,21,24). The van der Waals surface area contributed by atoms with E-state index in [-0.39, 0.29) is 23.4 Å². The number of aromatic nitrogens is 4. The van der Waals surface area contributed by atoms with Crippen LogP contribution in [0.2, 0.25) is 0 Å². The Morgan fingerprint density at radius 1 is 1.20 bits per heavy atom. The van der Waals surface area contributed by atoms with Crippen molar-refractivity contribution in [1.29, 1.82) is 0 Å². The fraction of sp³-hybridized carbons (Fsp3) is 0.333. The summed E-state index contributed by atoms with van der Waals surface area (Å²) in [5, 5.41) is 4.63. The molecule has 0 saturated carbocycles. The van der Waals surface area contributed by atoms with Crippen molar-refractivity contribution in [3.8, 4) is 0 Å². The molecule has 0 spiro atoms. The lowest BCUT2D eigenvalue weighted by atomic mass is 10.1. The Morgan fingerprint density at radius 2 is 1.92 bits per heavy atom. The van der Waals surface area contributed by atoms with Gasteiger partial charge in [-0.25, -0.2) is 14.3 Å². The molecular formula is C18H21N5O2. The number of fused-ring (bicyclic) bond motifs is 1. The number of rotatable bonds is 4. The van der Waals surface area contributed by atoms with Gasteiger partial charge in [-0.05, 0) is 32.8 Å². The monoisotopic (exact) mass is 339 g/mol. The lowest BCUT2D eigenvalue weighted by Crippen LogP contribution is -2.33. The van der Waals surface area contributed by atoms with Gasteiger partial charge in [-0.2, -0.15) is 5.10 Å². The first kappa shape index (κ1) is 16.9. The van der Waals surface area contributed by atoms with Gasteiger partial charge in [0.05, 0.1) is 11.7 Å². The molecule has 7 nitrogen and oxygen atoms in total. The van der Waals surface area contributed by atoms with Crippen LogP contribution in [0, 0.1) is 0 Å². The van der Waals surface area contributed by atoms with Crippen molar-refractivity contribution in [1.82, 2.24) is 19.4 Å². The maximum Gasteiger partial charge on any atom is 0.283 e. The minimum Gasteiger partial charge on any atom is -0.273 e. The topological polar surface area (TPSA) is 81.8 Å². The van der Waals surface area contributed by atoms with Crippen molar-refractivity contribution in [2.24, 2.45) is 0 Å². The first-order valence-electron chi connectivity index (χ1n) is 8.16. The normalized spacial score (nSPS) is 11.6. The van der Waals surface area contributed by atoms with Crippen LogP contribution in [0.4, 0.5) is 0 Å². The number of hydrogen-bond donors (Lipinski definition) is 1. The fourth-order valence-electron chi connectivity index (χ4n) is 2.58. The van der Waals surface area contributed by atoms with Gasteiger partial charge >= 0.3 is 0 Å². The van der Waals surface area contributed by atoms with Gasteiger partial charge in [0.1, 0.15) is 11.7 Å². The van der Waals surface area contributed by atoms with Gasteiger partial charge in [0.25, 0.3) is 5.56 Å². The molecule has 0 unspecified atom stereocenters. The summed E-state index contributed by atoms with van der Waals surface area (Å²) in [5.41, 5.74) is 3.54. The number of aryl methyl sites for hydroxylation is 1. The van der Waals surface area contributed by atoms with E-state index in [1.807, 2.05) is 51.1 Å². The van der Waals surface area contributed by atoms with E-state index >= 15 is 0 Å². The van der Waals surface area contributed by atoms with Gasteiger partial charge in [0.2, 0.25) is 5.91 Å². The third kappa shape index (κ3) is 3.60. The van der Waals surface area contributed by atoms with E-state index in [4.69, 9.17) is 0 Å². The maximum absolute atomic E-state index is 12.5. The van der Waals surface area contributed by atoms with Crippen LogP contribution < -0.4 is 11.0 Å². The lowest BCUT2D eigenvalue weighted by molar-refractivity contribution is -0.117. The minimum atomic E-state index is -0.339. The van der Waals surface area contributed by atoms with E-state index in [1.165, 1.54) is 12.5 Å². The Hall–Kier alpha value is -2.96. The van der Waals surface area contributed by atoms with Gasteiger partial charge in [0.15, 0.2) is 5.65 Å². The van der Waals surface area contributed by atoms with Gasteiger partial charge in [-0.1, -0.05) is 30.3 Å². The molecule has 0 bridgehead atoms. The van der Waals surface area contributed by atoms with Crippen molar-refractivity contribution < 1.29 is 4.79 Å². The minimum absolute atomic E-state index is 0.240. The van der Waals surface area contributed by atoms with E-state index < -0.39 is 0 Å². The first-order chi connectivity index (χ1) is 11.9. The van der Waals surface area contributed by atoms with Crippen LogP contribution in [0.5, 0.6) is 0 Å². The molecule has 0 fully saturated rings. The number of nitrogens with zero attached hydrogens (tertiary/aromatic N) is 4. The predicted octanol–water partition coefficient (Wildman–Crippen LogP) is 2.05. The average molecular weight is 339 g/mol. The van der Waals surface area contributed by atoms with Crippen molar-refractivity contribution in [3.05, 3.63) is 58.8 Å². The molecule has 25 heavy (non-hydrogen) atoms. The molecule has 1 amide bonds. The largest absolute Gasteiger partial charge is 0.283 e. The van der Waals surface area contributed by atoms with Crippen LogP contribution in [0.1, 0.15) is 32.8 Å². The van der Waals surface area contributed by atoms with Crippen LogP contribution in [-0.2, 0) is 16.8 Å². The van der Waals surface area contributed by atoms with E-state index in [1.54, 1.807) is 4.68 Å². The second kappa shape index (κ2) is 6.51. The van der Waals surface area contributed by atoms with Gasteiger partial charge < -0.3 is 0 Å². The zero-order valence-corrected chi connectivity index (χ0v) is 14.6. The van der Waals surface area contributed by atoms with Crippen LogP contribution in [0.15, 0.2) is 47.7 Å². The van der Waals surface area contributed by atoms with Crippen LogP contribution in [0.25, 0.3) is 11.0 Å². The van der Waals surface area contributed by atoms with Crippen molar-refractivity contribution in [2.45, 2.75) is 39.2 Å². The Morgan fingerprint density at radius 3 is 2.60 bits per heavy atom. The molecule has 7 heteroatoms. The Labute approximate surface area is 145 Å². The molecule has 0 aliphatic rings. The highest BCUT2D eigenvalue weighted by atomic mass is 16.2. The lowest BCUT2D eigenvalue weighted by Gasteiger charge is -2.19. The number of benzene rings is 1. The van der Waals surface area contributed by atoms with Crippen LogP contribution in [0.3, 0.4) is 0 Å². The molecular weight excluding hydrogens is 318 g/mol. The molecule has 1 aromatic carbocycles. The summed E-state index contributed by atoms with van der Waals surface area (Å²) in [7, 11) is 0. The molecule has 0 saturated heterocycles. The Kier molecular flexibility index (Phi) is 4.39. The SMILES string of the molecule is CC(C)(C)n1ncc2c(=O)n(NC(=O)CCc3ccccc3)cnc21. The highest BCUT2D eigenvalue weighted by Gasteiger charge is 2.20. The number of nitrogens with one attached hydrogen (secondary N) is 1. The quantitative estimate of drug-likeness (QED) is 0.789. The smallest absolute Gasteiger partial charge is 0.273 e. The third-order valence-corrected chi connectivity index (χ3v) is 3.85. The van der Waals surface area contributed by atoms with Crippen LogP contribution in [-0.4, -0.2) is 25.3 Å². The van der Waals surface area contributed by atoms with Crippen molar-refractivity contribution in [3.63, 3.8) is 0 Å². The zero-order valence-electron chi connectivity index (χ0n) is 14.6. The van der Waals surface area contributed by atoms with Crippen molar-refractivity contribution >= 4 is 16.9 Å². The zero-order chi connectivity index (χ0) is 18.0. The molecule has 130 valence electrons. The van der Waals surface area contributed by atoms with E-state index in [2.05, 4.69) is 15.5 Å². The second-order valence-corrected chi connectivity index (χ2v) is 6.90. The molecule has 1 N–H and O–H groups in total. The van der Waals surface area contributed by atoms with Gasteiger partial charge in [-0.3, -0.25) is 15.0 Å². The number of carbonyl (C=O) groups is 1. The van der Waals surface area contributed by atoms with E-state index in [0.717, 1.165) is 10.2 Å². The molecule has 3 aromatic rings. The summed E-state index contributed by atoms with van der Waals surface area (Å²) in [5.74, 6) is -0.240. The maximum atomic E-state index is 12.5. The summed E-state index contributed by atoms with van der Waals surface area (Å²) in [6, 6.07) is 9.73. The third-order valence-electron chi connectivity index (χ3n) is 3.85. The van der Waals surface area contributed by atoms with Crippen LogP contribution >= 0.6 is 0 Å². The number of carbonyl (C=O) groups excluding carboxylic acids is 1. The molecule has 0 radical (unpaired) electrons. The molecule has 2 heterocycles.